The normalized spacial score (nSPS) is 10.7. The zero-order chi connectivity index (χ0) is 17.8. The molecule has 3 aromatic heterocycles. The largest absolute Gasteiger partial charge is 0.334 e. The molecule has 25 heavy (non-hydrogen) atoms. The zero-order valence-electron chi connectivity index (χ0n) is 13.6. The lowest BCUT2D eigenvalue weighted by Crippen LogP contribution is -2.36. The summed E-state index contributed by atoms with van der Waals surface area (Å²) in [6.07, 6.45) is 4.75. The molecule has 5 nitrogen and oxygen atoms in total. The Morgan fingerprint density at radius 1 is 1.28 bits per heavy atom. The number of aromatic nitrogens is 2. The summed E-state index contributed by atoms with van der Waals surface area (Å²) in [5, 5.41) is 4.49. The molecule has 3 heterocycles. The van der Waals surface area contributed by atoms with E-state index < -0.39 is 0 Å². The summed E-state index contributed by atoms with van der Waals surface area (Å²) in [4.78, 5) is 33.0. The number of hydrogen-bond donors (Lipinski definition) is 0. The number of nitrogens with zero attached hydrogens (tertiary/aromatic N) is 3. The smallest absolute Gasteiger partial charge is 0.263 e. The second kappa shape index (κ2) is 7.58. The molecule has 0 radical (unpaired) electrons. The zero-order valence-corrected chi connectivity index (χ0v) is 15.2. The maximum atomic E-state index is 12.9. The second-order valence-corrected chi connectivity index (χ2v) is 7.17. The number of fused-ring (bicyclic) bond motifs is 1. The lowest BCUT2D eigenvalue weighted by Gasteiger charge is -2.19. The van der Waals surface area contributed by atoms with E-state index in [4.69, 9.17) is 0 Å². The molecule has 0 fully saturated rings. The van der Waals surface area contributed by atoms with Crippen LogP contribution in [0.15, 0.2) is 59.3 Å². The van der Waals surface area contributed by atoms with Crippen LogP contribution >= 0.6 is 22.7 Å². The fourth-order valence-electron chi connectivity index (χ4n) is 2.53. The molecule has 0 unspecified atom stereocenters. The van der Waals surface area contributed by atoms with Crippen molar-refractivity contribution in [3.05, 3.63) is 64.9 Å². The lowest BCUT2D eigenvalue weighted by atomic mass is 10.2. The van der Waals surface area contributed by atoms with Gasteiger partial charge in [0.15, 0.2) is 0 Å². The molecule has 0 aromatic carbocycles. The minimum atomic E-state index is -0.194. The minimum Gasteiger partial charge on any atom is -0.334 e. The molecule has 0 saturated heterocycles. The van der Waals surface area contributed by atoms with Gasteiger partial charge in [-0.25, -0.2) is 4.98 Å². The lowest BCUT2D eigenvalue weighted by molar-refractivity contribution is -0.130. The fraction of sp³-hybridized carbons (Fsp3) is 0.167. The maximum absolute atomic E-state index is 12.9. The van der Waals surface area contributed by atoms with Gasteiger partial charge in [-0.05, 0) is 11.4 Å². The van der Waals surface area contributed by atoms with Crippen LogP contribution in [0.4, 0.5) is 0 Å². The Morgan fingerprint density at radius 3 is 2.68 bits per heavy atom. The monoisotopic (exact) mass is 371 g/mol. The van der Waals surface area contributed by atoms with E-state index in [1.165, 1.54) is 22.2 Å². The molecule has 0 aliphatic rings. The molecule has 0 atom stereocenters. The predicted octanol–water partition coefficient (Wildman–Crippen LogP) is 3.39. The highest BCUT2D eigenvalue weighted by Crippen LogP contribution is 2.33. The molecule has 3 aromatic rings. The van der Waals surface area contributed by atoms with Crippen molar-refractivity contribution < 1.29 is 4.79 Å². The standard InChI is InChI=1S/C18H17N3O2S2/c1-3-7-20(8-4-2)15(22)10-21-12-19-17-16(18(21)23)13(11-25-17)14-6-5-9-24-14/h3-6,9,11-12H,1-2,7-8,10H2. The quantitative estimate of drug-likeness (QED) is 0.598. The predicted molar refractivity (Wildman–Crippen MR) is 104 cm³/mol. The topological polar surface area (TPSA) is 55.2 Å². The Balaban J connectivity index is 1.97. The second-order valence-electron chi connectivity index (χ2n) is 5.36. The Kier molecular flexibility index (Phi) is 5.25. The first-order valence-electron chi connectivity index (χ1n) is 7.65. The van der Waals surface area contributed by atoms with E-state index in [0.717, 1.165) is 10.4 Å². The molecule has 3 rings (SSSR count). The Morgan fingerprint density at radius 2 is 2.04 bits per heavy atom. The first-order valence-corrected chi connectivity index (χ1v) is 9.41. The van der Waals surface area contributed by atoms with Crippen LogP contribution in [0, 0.1) is 0 Å². The van der Waals surface area contributed by atoms with Crippen LogP contribution in [0.1, 0.15) is 0 Å². The van der Waals surface area contributed by atoms with Gasteiger partial charge in [-0.1, -0.05) is 18.2 Å². The van der Waals surface area contributed by atoms with Crippen molar-refractivity contribution in [2.45, 2.75) is 6.54 Å². The van der Waals surface area contributed by atoms with Gasteiger partial charge in [0, 0.05) is 28.9 Å². The number of carbonyl (C=O) groups excluding carboxylic acids is 1. The average molecular weight is 371 g/mol. The summed E-state index contributed by atoms with van der Waals surface area (Å²) in [5.41, 5.74) is 0.684. The first-order chi connectivity index (χ1) is 12.2. The fourth-order valence-corrected chi connectivity index (χ4v) is 4.25. The third-order valence-corrected chi connectivity index (χ3v) is 5.49. The van der Waals surface area contributed by atoms with Gasteiger partial charge in [0.25, 0.3) is 5.56 Å². The van der Waals surface area contributed by atoms with Crippen LogP contribution in [-0.4, -0.2) is 33.4 Å². The Hall–Kier alpha value is -2.51. The first kappa shape index (κ1) is 17.3. The van der Waals surface area contributed by atoms with Crippen LogP contribution in [-0.2, 0) is 11.3 Å². The SMILES string of the molecule is C=CCN(CC=C)C(=O)Cn1cnc2scc(-c3cccs3)c2c1=O. The molecular weight excluding hydrogens is 354 g/mol. The van der Waals surface area contributed by atoms with Crippen LogP contribution in [0.3, 0.4) is 0 Å². The van der Waals surface area contributed by atoms with Crippen LogP contribution in [0.2, 0.25) is 0 Å². The van der Waals surface area contributed by atoms with Crippen molar-refractivity contribution in [2.24, 2.45) is 0 Å². The van der Waals surface area contributed by atoms with Gasteiger partial charge >= 0.3 is 0 Å². The van der Waals surface area contributed by atoms with Crippen molar-refractivity contribution in [1.29, 1.82) is 0 Å². The maximum Gasteiger partial charge on any atom is 0.263 e. The number of thiophene rings is 2. The average Bonchev–Trinajstić information content (AvgIpc) is 3.26. The van der Waals surface area contributed by atoms with Crippen molar-refractivity contribution >= 4 is 38.8 Å². The molecule has 0 spiro atoms. The van der Waals surface area contributed by atoms with Gasteiger partial charge in [-0.3, -0.25) is 14.2 Å². The summed E-state index contributed by atoms with van der Waals surface area (Å²) in [6.45, 7) is 8.08. The van der Waals surface area contributed by atoms with Gasteiger partial charge in [0.2, 0.25) is 5.91 Å². The van der Waals surface area contributed by atoms with Gasteiger partial charge in [0.05, 0.1) is 11.7 Å². The van der Waals surface area contributed by atoms with Crippen molar-refractivity contribution in [3.63, 3.8) is 0 Å². The van der Waals surface area contributed by atoms with E-state index in [0.29, 0.717) is 23.3 Å². The summed E-state index contributed by atoms with van der Waals surface area (Å²) in [6, 6.07) is 3.92. The number of amides is 1. The van der Waals surface area contributed by atoms with Crippen molar-refractivity contribution in [1.82, 2.24) is 14.5 Å². The van der Waals surface area contributed by atoms with E-state index in [2.05, 4.69) is 18.1 Å². The Labute approximate surface area is 153 Å². The molecule has 1 amide bonds. The molecule has 0 bridgehead atoms. The van der Waals surface area contributed by atoms with Crippen molar-refractivity contribution in [2.75, 3.05) is 13.1 Å². The van der Waals surface area contributed by atoms with E-state index in [-0.39, 0.29) is 18.0 Å². The third kappa shape index (κ3) is 3.47. The highest BCUT2D eigenvalue weighted by atomic mass is 32.1. The number of carbonyl (C=O) groups is 1. The highest BCUT2D eigenvalue weighted by molar-refractivity contribution is 7.18. The van der Waals surface area contributed by atoms with Crippen molar-refractivity contribution in [3.8, 4) is 10.4 Å². The molecule has 0 saturated carbocycles. The van der Waals surface area contributed by atoms with E-state index in [1.54, 1.807) is 28.4 Å². The summed E-state index contributed by atoms with van der Waals surface area (Å²) >= 11 is 3.01. The van der Waals surface area contributed by atoms with Gasteiger partial charge < -0.3 is 4.90 Å². The van der Waals surface area contributed by atoms with Gasteiger partial charge in [0.1, 0.15) is 11.4 Å². The molecular formula is C18H17N3O2S2. The highest BCUT2D eigenvalue weighted by Gasteiger charge is 2.17. The third-order valence-electron chi connectivity index (χ3n) is 3.70. The summed E-state index contributed by atoms with van der Waals surface area (Å²) in [7, 11) is 0. The van der Waals surface area contributed by atoms with Gasteiger partial charge in [-0.15, -0.1) is 35.8 Å². The molecule has 128 valence electrons. The Bertz CT molecular complexity index is 960. The molecule has 0 aliphatic heterocycles. The minimum absolute atomic E-state index is 0.0524. The number of rotatable bonds is 7. The molecule has 0 aliphatic carbocycles. The van der Waals surface area contributed by atoms with E-state index in [9.17, 15) is 9.59 Å². The van der Waals surface area contributed by atoms with Gasteiger partial charge in [-0.2, -0.15) is 0 Å². The summed E-state index contributed by atoms with van der Waals surface area (Å²) < 4.78 is 1.37. The van der Waals surface area contributed by atoms with Crippen LogP contribution in [0.5, 0.6) is 0 Å². The van der Waals surface area contributed by atoms with Crippen LogP contribution in [0.25, 0.3) is 20.7 Å². The summed E-state index contributed by atoms with van der Waals surface area (Å²) in [5.74, 6) is -0.170. The molecule has 7 heteroatoms. The van der Waals surface area contributed by atoms with E-state index >= 15 is 0 Å². The van der Waals surface area contributed by atoms with Crippen LogP contribution < -0.4 is 5.56 Å². The number of hydrogen-bond acceptors (Lipinski definition) is 5. The molecule has 0 N–H and O–H groups in total. The van der Waals surface area contributed by atoms with E-state index in [1.807, 2.05) is 22.9 Å².